The zero-order chi connectivity index (χ0) is 12.3. The van der Waals surface area contributed by atoms with Gasteiger partial charge in [0.05, 0.1) is 0 Å². The molecule has 0 saturated heterocycles. The average Bonchev–Trinajstić information content (AvgIpc) is 2.29. The fraction of sp³-hybridized carbons (Fsp3) is 0.0833. The summed E-state index contributed by atoms with van der Waals surface area (Å²) >= 11 is 0. The van der Waals surface area contributed by atoms with Crippen molar-refractivity contribution >= 4 is 11.7 Å². The fourth-order valence-corrected chi connectivity index (χ4v) is 1.39. The number of rotatable bonds is 2. The van der Waals surface area contributed by atoms with E-state index in [9.17, 15) is 10.0 Å². The van der Waals surface area contributed by atoms with E-state index in [1.165, 1.54) is 18.5 Å². The Morgan fingerprint density at radius 2 is 2.18 bits per heavy atom. The number of nitrogens with zero attached hydrogens (tertiary/aromatic N) is 2. The maximum Gasteiger partial charge on any atom is 0.262 e. The number of carbonyl (C=O) groups excluding carboxylic acids is 1. The Morgan fingerprint density at radius 3 is 2.88 bits per heavy atom. The minimum atomic E-state index is -0.353. The lowest BCUT2D eigenvalue weighted by Gasteiger charge is -2.04. The number of hydrogen-bond donors (Lipinski definition) is 1. The third-order valence-corrected chi connectivity index (χ3v) is 2.17. The zero-order valence-corrected chi connectivity index (χ0v) is 9.25. The molecule has 2 rings (SSSR count). The second-order valence-electron chi connectivity index (χ2n) is 3.57. The van der Waals surface area contributed by atoms with Gasteiger partial charge in [0.25, 0.3) is 5.91 Å². The molecule has 0 bridgehead atoms. The molecule has 0 aliphatic rings. The third kappa shape index (κ3) is 2.78. The molecule has 5 heteroatoms. The van der Waals surface area contributed by atoms with E-state index in [0.29, 0.717) is 16.1 Å². The molecule has 0 unspecified atom stereocenters. The van der Waals surface area contributed by atoms with Gasteiger partial charge in [-0.2, -0.15) is 4.73 Å². The van der Waals surface area contributed by atoms with Crippen LogP contribution in [0.4, 0.5) is 5.82 Å². The largest absolute Gasteiger partial charge is 0.619 e. The van der Waals surface area contributed by atoms with Gasteiger partial charge in [-0.1, -0.05) is 6.07 Å². The first-order valence-corrected chi connectivity index (χ1v) is 5.09. The molecule has 17 heavy (non-hydrogen) atoms. The number of anilines is 1. The van der Waals surface area contributed by atoms with Crippen LogP contribution in [-0.2, 0) is 0 Å². The normalized spacial score (nSPS) is 9.94. The maximum absolute atomic E-state index is 11.8. The second kappa shape index (κ2) is 4.61. The summed E-state index contributed by atoms with van der Waals surface area (Å²) in [7, 11) is 0. The van der Waals surface area contributed by atoms with Gasteiger partial charge in [0.2, 0.25) is 0 Å². The smallest absolute Gasteiger partial charge is 0.262 e. The Bertz CT molecular complexity index is 555. The van der Waals surface area contributed by atoms with Crippen molar-refractivity contribution in [1.29, 1.82) is 0 Å². The van der Waals surface area contributed by atoms with Crippen LogP contribution in [0.3, 0.4) is 0 Å². The predicted octanol–water partition coefficient (Wildman–Crippen LogP) is 1.28. The van der Waals surface area contributed by atoms with E-state index in [1.807, 2.05) is 13.0 Å². The van der Waals surface area contributed by atoms with Crippen LogP contribution in [0.1, 0.15) is 16.1 Å². The van der Waals surface area contributed by atoms with Gasteiger partial charge in [0.1, 0.15) is 11.4 Å². The van der Waals surface area contributed by atoms with Crippen molar-refractivity contribution < 1.29 is 9.52 Å². The van der Waals surface area contributed by atoms with Crippen molar-refractivity contribution in [2.24, 2.45) is 0 Å². The lowest BCUT2D eigenvalue weighted by molar-refractivity contribution is -0.605. The molecule has 0 atom stereocenters. The first kappa shape index (κ1) is 11.1. The number of aryl methyl sites for hydroxylation is 1. The summed E-state index contributed by atoms with van der Waals surface area (Å²) in [6.07, 6.45) is 2.53. The van der Waals surface area contributed by atoms with Gasteiger partial charge in [-0.25, -0.2) is 4.98 Å². The lowest BCUT2D eigenvalue weighted by Crippen LogP contribution is -2.27. The summed E-state index contributed by atoms with van der Waals surface area (Å²) in [5.74, 6) is 0.115. The molecule has 1 N–H and O–H groups in total. The molecule has 0 radical (unpaired) electrons. The molecule has 0 saturated carbocycles. The third-order valence-electron chi connectivity index (χ3n) is 2.17. The highest BCUT2D eigenvalue weighted by atomic mass is 16.5. The minimum absolute atomic E-state index is 0.297. The molecule has 2 aromatic heterocycles. The highest BCUT2D eigenvalue weighted by Crippen LogP contribution is 2.06. The second-order valence-corrected chi connectivity index (χ2v) is 3.57. The molecule has 0 fully saturated rings. The van der Waals surface area contributed by atoms with E-state index in [4.69, 9.17) is 0 Å². The average molecular weight is 229 g/mol. The summed E-state index contributed by atoms with van der Waals surface area (Å²) in [5.41, 5.74) is 1.11. The van der Waals surface area contributed by atoms with Crippen molar-refractivity contribution in [3.8, 4) is 0 Å². The molecule has 0 spiro atoms. The van der Waals surface area contributed by atoms with Gasteiger partial charge in [0.15, 0.2) is 12.4 Å². The number of carbonyl (C=O) groups is 1. The zero-order valence-electron chi connectivity index (χ0n) is 9.25. The predicted molar refractivity (Wildman–Crippen MR) is 62.3 cm³/mol. The van der Waals surface area contributed by atoms with Crippen LogP contribution < -0.4 is 10.0 Å². The Hall–Kier alpha value is -2.43. The van der Waals surface area contributed by atoms with Crippen LogP contribution in [0.2, 0.25) is 0 Å². The molecular formula is C12H11N3O2. The van der Waals surface area contributed by atoms with Crippen LogP contribution in [0.5, 0.6) is 0 Å². The van der Waals surface area contributed by atoms with E-state index < -0.39 is 0 Å². The highest BCUT2D eigenvalue weighted by molar-refractivity contribution is 6.03. The van der Waals surface area contributed by atoms with Crippen molar-refractivity contribution in [2.45, 2.75) is 6.92 Å². The van der Waals surface area contributed by atoms with Gasteiger partial charge in [-0.05, 0) is 25.1 Å². The molecule has 0 aromatic carbocycles. The molecule has 5 nitrogen and oxygen atoms in total. The van der Waals surface area contributed by atoms with Crippen molar-refractivity contribution in [3.63, 3.8) is 0 Å². The maximum atomic E-state index is 11.8. The molecule has 0 aliphatic carbocycles. The van der Waals surface area contributed by atoms with E-state index >= 15 is 0 Å². The van der Waals surface area contributed by atoms with E-state index in [1.54, 1.807) is 18.2 Å². The van der Waals surface area contributed by atoms with Crippen molar-refractivity contribution in [2.75, 3.05) is 5.32 Å². The molecule has 86 valence electrons. The van der Waals surface area contributed by atoms with Gasteiger partial charge >= 0.3 is 0 Å². The van der Waals surface area contributed by atoms with Crippen LogP contribution in [0.25, 0.3) is 0 Å². The Balaban J connectivity index is 2.17. The van der Waals surface area contributed by atoms with Gasteiger partial charge in [0, 0.05) is 11.8 Å². The van der Waals surface area contributed by atoms with Crippen molar-refractivity contribution in [1.82, 2.24) is 4.98 Å². The van der Waals surface area contributed by atoms with Crippen molar-refractivity contribution in [3.05, 3.63) is 59.2 Å². The van der Waals surface area contributed by atoms with Crippen LogP contribution in [0.15, 0.2) is 42.7 Å². The number of nitrogens with one attached hydrogen (secondary N) is 1. The summed E-state index contributed by atoms with van der Waals surface area (Å²) < 4.78 is 0.582. The number of aromatic nitrogens is 2. The quantitative estimate of drug-likeness (QED) is 0.623. The van der Waals surface area contributed by atoms with E-state index in [0.717, 1.165) is 5.69 Å². The SMILES string of the molecule is Cc1cccc(NC(=O)c2ccc[n+]([O-])c2)n1. The number of hydrogen-bond acceptors (Lipinski definition) is 3. The van der Waals surface area contributed by atoms with E-state index in [2.05, 4.69) is 10.3 Å². The van der Waals surface area contributed by atoms with Gasteiger partial charge in [-0.3, -0.25) is 4.79 Å². The number of pyridine rings is 2. The Kier molecular flexibility index (Phi) is 3.00. The monoisotopic (exact) mass is 229 g/mol. The van der Waals surface area contributed by atoms with E-state index in [-0.39, 0.29) is 5.91 Å². The van der Waals surface area contributed by atoms with Gasteiger partial charge < -0.3 is 10.5 Å². The molecule has 0 aliphatic heterocycles. The lowest BCUT2D eigenvalue weighted by atomic mass is 10.2. The first-order chi connectivity index (χ1) is 8.15. The molecule has 2 aromatic rings. The number of amides is 1. The van der Waals surface area contributed by atoms with Crippen LogP contribution >= 0.6 is 0 Å². The van der Waals surface area contributed by atoms with Gasteiger partial charge in [-0.15, -0.1) is 0 Å². The summed E-state index contributed by atoms with van der Waals surface area (Å²) in [6.45, 7) is 1.84. The Labute approximate surface area is 98.3 Å². The summed E-state index contributed by atoms with van der Waals surface area (Å²) in [5, 5.41) is 13.6. The summed E-state index contributed by atoms with van der Waals surface area (Å²) in [4.78, 5) is 15.9. The fourth-order valence-electron chi connectivity index (χ4n) is 1.39. The first-order valence-electron chi connectivity index (χ1n) is 5.09. The topological polar surface area (TPSA) is 68.9 Å². The van der Waals surface area contributed by atoms with Crippen LogP contribution in [0, 0.1) is 12.1 Å². The summed E-state index contributed by atoms with van der Waals surface area (Å²) in [6, 6.07) is 8.42. The molecular weight excluding hydrogens is 218 g/mol. The standard InChI is InChI=1S/C12H11N3O2/c1-9-4-2-6-11(13-9)14-12(16)10-5-3-7-15(17)8-10/h2-8H,1H3,(H,13,14,16). The molecule has 1 amide bonds. The minimum Gasteiger partial charge on any atom is -0.619 e. The van der Waals surface area contributed by atoms with Crippen LogP contribution in [-0.4, -0.2) is 10.9 Å². The Morgan fingerprint density at radius 1 is 1.35 bits per heavy atom. The molecule has 2 heterocycles. The highest BCUT2D eigenvalue weighted by Gasteiger charge is 2.09.